The van der Waals surface area contributed by atoms with E-state index in [0.29, 0.717) is 12.0 Å². The highest BCUT2D eigenvalue weighted by molar-refractivity contribution is 7.98. The Kier molecular flexibility index (Phi) is 5.25. The predicted octanol–water partition coefficient (Wildman–Crippen LogP) is 5.32. The largest absolute Gasteiger partial charge is 0.367 e. The normalized spacial score (nSPS) is 14.7. The molecule has 2 N–H and O–H groups in total. The Bertz CT molecular complexity index is 890. The fourth-order valence-electron chi connectivity index (χ4n) is 3.49. The third-order valence-corrected chi connectivity index (χ3v) is 5.61. The number of fused-ring (bicyclic) bond motifs is 1. The summed E-state index contributed by atoms with van der Waals surface area (Å²) in [5, 5.41) is 8.14. The van der Waals surface area contributed by atoms with Crippen molar-refractivity contribution in [2.45, 2.75) is 43.2 Å². The summed E-state index contributed by atoms with van der Waals surface area (Å²) >= 11 is 1.76. The van der Waals surface area contributed by atoms with Gasteiger partial charge in [-0.3, -0.25) is 0 Å². The number of para-hydroxylation sites is 1. The molecule has 0 radical (unpaired) electrons. The molecular formula is C21H24N4S. The summed E-state index contributed by atoms with van der Waals surface area (Å²) in [7, 11) is 0. The Labute approximate surface area is 158 Å². The first kappa shape index (κ1) is 17.2. The SMILES string of the molecule is CSc1cccc(CNc2nc(NC3CCCC3)c3ccccc3n2)c1. The maximum absolute atomic E-state index is 4.78. The summed E-state index contributed by atoms with van der Waals surface area (Å²) in [5.41, 5.74) is 2.21. The van der Waals surface area contributed by atoms with Gasteiger partial charge in [0.05, 0.1) is 5.52 Å². The number of nitrogens with one attached hydrogen (secondary N) is 2. The number of hydrogen-bond donors (Lipinski definition) is 2. The maximum atomic E-state index is 4.78. The van der Waals surface area contributed by atoms with E-state index in [1.54, 1.807) is 11.8 Å². The highest BCUT2D eigenvalue weighted by Gasteiger charge is 2.17. The average molecular weight is 365 g/mol. The Morgan fingerprint density at radius 3 is 2.73 bits per heavy atom. The molecular weight excluding hydrogens is 340 g/mol. The molecule has 2 aromatic carbocycles. The minimum absolute atomic E-state index is 0.527. The second-order valence-corrected chi connectivity index (χ2v) is 7.62. The lowest BCUT2D eigenvalue weighted by molar-refractivity contribution is 0.751. The molecule has 0 bridgehead atoms. The van der Waals surface area contributed by atoms with Gasteiger partial charge in [-0.15, -0.1) is 11.8 Å². The van der Waals surface area contributed by atoms with Gasteiger partial charge in [0, 0.05) is 22.9 Å². The molecule has 1 fully saturated rings. The van der Waals surface area contributed by atoms with Gasteiger partial charge in [0.25, 0.3) is 0 Å². The Morgan fingerprint density at radius 1 is 1.04 bits per heavy atom. The van der Waals surface area contributed by atoms with Crippen LogP contribution in [0.25, 0.3) is 10.9 Å². The van der Waals surface area contributed by atoms with Crippen LogP contribution in [0.3, 0.4) is 0 Å². The first-order valence-electron chi connectivity index (χ1n) is 9.22. The molecule has 5 heteroatoms. The van der Waals surface area contributed by atoms with Crippen molar-refractivity contribution in [1.82, 2.24) is 9.97 Å². The van der Waals surface area contributed by atoms with E-state index in [1.165, 1.54) is 36.1 Å². The monoisotopic (exact) mass is 364 g/mol. The standard InChI is InChI=1S/C21H24N4S/c1-26-17-10-6-7-15(13-17)14-22-21-24-19-12-5-4-11-18(19)20(25-21)23-16-8-2-3-9-16/h4-7,10-13,16H,2-3,8-9,14H2,1H3,(H2,22,23,24,25). The summed E-state index contributed by atoms with van der Waals surface area (Å²) in [6.45, 7) is 0.718. The highest BCUT2D eigenvalue weighted by atomic mass is 32.2. The van der Waals surface area contributed by atoms with Crippen molar-refractivity contribution >= 4 is 34.4 Å². The smallest absolute Gasteiger partial charge is 0.225 e. The quantitative estimate of drug-likeness (QED) is 0.580. The van der Waals surface area contributed by atoms with Gasteiger partial charge in [-0.1, -0.05) is 37.1 Å². The van der Waals surface area contributed by atoms with Crippen LogP contribution >= 0.6 is 11.8 Å². The second-order valence-electron chi connectivity index (χ2n) is 6.74. The third kappa shape index (κ3) is 3.93. The van der Waals surface area contributed by atoms with Crippen LogP contribution in [0.1, 0.15) is 31.2 Å². The highest BCUT2D eigenvalue weighted by Crippen LogP contribution is 2.27. The molecule has 1 saturated carbocycles. The van der Waals surface area contributed by atoms with Gasteiger partial charge in [0.1, 0.15) is 5.82 Å². The van der Waals surface area contributed by atoms with Crippen LogP contribution in [0.15, 0.2) is 53.4 Å². The molecule has 0 atom stereocenters. The molecule has 134 valence electrons. The number of benzene rings is 2. The average Bonchev–Trinajstić information content (AvgIpc) is 3.20. The van der Waals surface area contributed by atoms with Gasteiger partial charge in [-0.25, -0.2) is 4.98 Å². The summed E-state index contributed by atoms with van der Waals surface area (Å²) in [6, 6.07) is 17.3. The molecule has 0 unspecified atom stereocenters. The number of thioether (sulfide) groups is 1. The predicted molar refractivity (Wildman–Crippen MR) is 111 cm³/mol. The molecule has 4 nitrogen and oxygen atoms in total. The molecule has 0 amide bonds. The fraction of sp³-hybridized carbons (Fsp3) is 0.333. The van der Waals surface area contributed by atoms with Crippen molar-refractivity contribution in [1.29, 1.82) is 0 Å². The number of anilines is 2. The van der Waals surface area contributed by atoms with E-state index in [9.17, 15) is 0 Å². The van der Waals surface area contributed by atoms with Crippen LogP contribution in [0.5, 0.6) is 0 Å². The number of hydrogen-bond acceptors (Lipinski definition) is 5. The van der Waals surface area contributed by atoms with Gasteiger partial charge in [-0.2, -0.15) is 4.98 Å². The van der Waals surface area contributed by atoms with Gasteiger partial charge in [0.15, 0.2) is 0 Å². The lowest BCUT2D eigenvalue weighted by Crippen LogP contribution is -2.17. The lowest BCUT2D eigenvalue weighted by Gasteiger charge is -2.16. The zero-order chi connectivity index (χ0) is 17.8. The van der Waals surface area contributed by atoms with Crippen LogP contribution in [-0.2, 0) is 6.54 Å². The van der Waals surface area contributed by atoms with Crippen LogP contribution < -0.4 is 10.6 Å². The van der Waals surface area contributed by atoms with E-state index >= 15 is 0 Å². The van der Waals surface area contributed by atoms with E-state index in [4.69, 9.17) is 9.97 Å². The van der Waals surface area contributed by atoms with Crippen molar-refractivity contribution in [3.8, 4) is 0 Å². The molecule has 26 heavy (non-hydrogen) atoms. The number of aromatic nitrogens is 2. The zero-order valence-electron chi connectivity index (χ0n) is 15.0. The summed E-state index contributed by atoms with van der Waals surface area (Å²) in [6.07, 6.45) is 7.15. The molecule has 0 aliphatic heterocycles. The van der Waals surface area contributed by atoms with E-state index < -0.39 is 0 Å². The summed E-state index contributed by atoms with van der Waals surface area (Å²) in [5.74, 6) is 1.63. The maximum Gasteiger partial charge on any atom is 0.225 e. The van der Waals surface area contributed by atoms with Crippen molar-refractivity contribution in [2.24, 2.45) is 0 Å². The summed E-state index contributed by atoms with van der Waals surface area (Å²) < 4.78 is 0. The molecule has 1 heterocycles. The topological polar surface area (TPSA) is 49.8 Å². The van der Waals surface area contributed by atoms with Gasteiger partial charge in [0.2, 0.25) is 5.95 Å². The van der Waals surface area contributed by atoms with Gasteiger partial charge in [-0.05, 0) is 48.9 Å². The van der Waals surface area contributed by atoms with Crippen LogP contribution in [0, 0.1) is 0 Å². The van der Waals surface area contributed by atoms with E-state index in [-0.39, 0.29) is 0 Å². The van der Waals surface area contributed by atoms with Crippen molar-refractivity contribution < 1.29 is 0 Å². The zero-order valence-corrected chi connectivity index (χ0v) is 15.9. The molecule has 1 aromatic heterocycles. The van der Waals surface area contributed by atoms with Crippen molar-refractivity contribution in [2.75, 3.05) is 16.9 Å². The second kappa shape index (κ2) is 7.96. The van der Waals surface area contributed by atoms with Crippen molar-refractivity contribution in [3.05, 3.63) is 54.1 Å². The van der Waals surface area contributed by atoms with E-state index in [0.717, 1.165) is 23.3 Å². The molecule has 1 aliphatic rings. The van der Waals surface area contributed by atoms with Gasteiger partial charge < -0.3 is 10.6 Å². The lowest BCUT2D eigenvalue weighted by atomic mass is 10.2. The first-order valence-corrected chi connectivity index (χ1v) is 10.4. The Balaban J connectivity index is 1.58. The van der Waals surface area contributed by atoms with Crippen LogP contribution in [0.4, 0.5) is 11.8 Å². The first-order chi connectivity index (χ1) is 12.8. The minimum atomic E-state index is 0.527. The number of rotatable bonds is 6. The molecule has 0 saturated heterocycles. The van der Waals surface area contributed by atoms with Crippen LogP contribution in [-0.4, -0.2) is 22.3 Å². The third-order valence-electron chi connectivity index (χ3n) is 4.88. The van der Waals surface area contributed by atoms with Gasteiger partial charge >= 0.3 is 0 Å². The number of nitrogens with zero attached hydrogens (tertiary/aromatic N) is 2. The molecule has 1 aliphatic carbocycles. The van der Waals surface area contributed by atoms with Crippen molar-refractivity contribution in [3.63, 3.8) is 0 Å². The Morgan fingerprint density at radius 2 is 1.88 bits per heavy atom. The molecule has 4 rings (SSSR count). The Hall–Kier alpha value is -2.27. The summed E-state index contributed by atoms with van der Waals surface area (Å²) in [4.78, 5) is 10.8. The fourth-order valence-corrected chi connectivity index (χ4v) is 3.98. The van der Waals surface area contributed by atoms with Crippen LogP contribution in [0.2, 0.25) is 0 Å². The molecule has 0 spiro atoms. The minimum Gasteiger partial charge on any atom is -0.367 e. The molecule has 3 aromatic rings. The van der Waals surface area contributed by atoms with E-state index in [1.807, 2.05) is 12.1 Å². The van der Waals surface area contributed by atoms with E-state index in [2.05, 4.69) is 53.3 Å².